The van der Waals surface area contributed by atoms with Crippen LogP contribution >= 0.6 is 11.8 Å². The highest BCUT2D eigenvalue weighted by atomic mass is 32.2. The van der Waals surface area contributed by atoms with E-state index in [1.807, 2.05) is 30.8 Å². The molecule has 1 saturated heterocycles. The zero-order valence-electron chi connectivity index (χ0n) is 14.5. The van der Waals surface area contributed by atoms with Crippen molar-refractivity contribution in [1.82, 2.24) is 15.0 Å². The highest BCUT2D eigenvalue weighted by Crippen LogP contribution is 2.24. The van der Waals surface area contributed by atoms with Gasteiger partial charge in [-0.1, -0.05) is 6.42 Å². The molecule has 0 amide bonds. The Labute approximate surface area is 146 Å². The normalized spacial score (nSPS) is 18.5. The summed E-state index contributed by atoms with van der Waals surface area (Å²) >= 11 is 1.94. The number of nitrogens with zero attached hydrogens (tertiary/aromatic N) is 3. The Morgan fingerprint density at radius 3 is 2.79 bits per heavy atom. The van der Waals surface area contributed by atoms with Crippen LogP contribution in [-0.2, 0) is 0 Å². The first-order valence-corrected chi connectivity index (χ1v) is 9.69. The third-order valence-electron chi connectivity index (χ3n) is 4.70. The second kappa shape index (κ2) is 7.38. The molecule has 1 fully saturated rings. The number of H-pyrrole nitrogens is 1. The third-order valence-corrected chi connectivity index (χ3v) is 5.75. The van der Waals surface area contributed by atoms with Crippen LogP contribution in [0.5, 0.6) is 0 Å². The Balaban J connectivity index is 1.84. The van der Waals surface area contributed by atoms with Crippen LogP contribution in [0, 0.1) is 13.8 Å². The molecular formula is C18H24N4OS. The number of aryl methyl sites for hydroxylation is 1. The number of anilines is 1. The van der Waals surface area contributed by atoms with Crippen LogP contribution in [0.25, 0.3) is 11.4 Å². The van der Waals surface area contributed by atoms with Gasteiger partial charge < -0.3 is 9.88 Å². The maximum Gasteiger partial charge on any atom is 0.254 e. The lowest BCUT2D eigenvalue weighted by atomic mass is 10.2. The van der Waals surface area contributed by atoms with Gasteiger partial charge in [0.05, 0.1) is 0 Å². The van der Waals surface area contributed by atoms with E-state index in [2.05, 4.69) is 26.1 Å². The standard InChI is InChI=1S/C18H24N4OS/c1-12-13(2)20-17(21-18(12)23)14-7-8-16(19-10-14)22-9-5-4-6-15(11-22)24-3/h7-8,10,15H,4-6,9,11H2,1-3H3,(H,20,21,23). The molecule has 1 aliphatic heterocycles. The zero-order valence-corrected chi connectivity index (χ0v) is 15.3. The molecule has 0 saturated carbocycles. The molecule has 1 unspecified atom stereocenters. The number of hydrogen-bond acceptors (Lipinski definition) is 5. The van der Waals surface area contributed by atoms with Crippen LogP contribution in [0.3, 0.4) is 0 Å². The molecule has 5 nitrogen and oxygen atoms in total. The first-order chi connectivity index (χ1) is 11.6. The largest absolute Gasteiger partial charge is 0.356 e. The van der Waals surface area contributed by atoms with E-state index < -0.39 is 0 Å². The average Bonchev–Trinajstić information content (AvgIpc) is 2.85. The van der Waals surface area contributed by atoms with Gasteiger partial charge in [0.25, 0.3) is 5.56 Å². The molecule has 128 valence electrons. The number of rotatable bonds is 3. The average molecular weight is 344 g/mol. The van der Waals surface area contributed by atoms with Crippen molar-refractivity contribution in [2.45, 2.75) is 38.4 Å². The van der Waals surface area contributed by atoms with Crippen molar-refractivity contribution in [2.24, 2.45) is 0 Å². The van der Waals surface area contributed by atoms with Gasteiger partial charge in [0, 0.05) is 41.4 Å². The van der Waals surface area contributed by atoms with E-state index in [-0.39, 0.29) is 5.56 Å². The second-order valence-corrected chi connectivity index (χ2v) is 7.47. The highest BCUT2D eigenvalue weighted by Gasteiger charge is 2.18. The molecule has 3 heterocycles. The number of aromatic amines is 1. The van der Waals surface area contributed by atoms with Crippen LogP contribution in [0.1, 0.15) is 30.5 Å². The molecule has 0 radical (unpaired) electrons. The summed E-state index contributed by atoms with van der Waals surface area (Å²) in [7, 11) is 0. The van der Waals surface area contributed by atoms with Crippen molar-refractivity contribution >= 4 is 17.6 Å². The Kier molecular flexibility index (Phi) is 5.23. The summed E-state index contributed by atoms with van der Waals surface area (Å²) in [5.41, 5.74) is 2.18. The summed E-state index contributed by atoms with van der Waals surface area (Å²) in [6, 6.07) is 4.03. The number of pyridine rings is 1. The summed E-state index contributed by atoms with van der Waals surface area (Å²) in [5.74, 6) is 1.59. The van der Waals surface area contributed by atoms with E-state index in [9.17, 15) is 4.79 Å². The van der Waals surface area contributed by atoms with Crippen LogP contribution in [-0.4, -0.2) is 39.5 Å². The van der Waals surface area contributed by atoms with Gasteiger partial charge in [-0.25, -0.2) is 9.97 Å². The summed E-state index contributed by atoms with van der Waals surface area (Å²) in [6.07, 6.45) is 7.78. The third kappa shape index (κ3) is 3.64. The van der Waals surface area contributed by atoms with Crippen molar-refractivity contribution in [3.8, 4) is 11.4 Å². The number of nitrogens with one attached hydrogen (secondary N) is 1. The van der Waals surface area contributed by atoms with Crippen LogP contribution in [0.15, 0.2) is 23.1 Å². The molecule has 0 bridgehead atoms. The monoisotopic (exact) mass is 344 g/mol. The predicted octanol–water partition coefficient (Wildman–Crippen LogP) is 3.17. The van der Waals surface area contributed by atoms with E-state index in [1.54, 1.807) is 13.1 Å². The van der Waals surface area contributed by atoms with Crippen LogP contribution < -0.4 is 10.5 Å². The Morgan fingerprint density at radius 1 is 1.29 bits per heavy atom. The Hall–Kier alpha value is -1.82. The smallest absolute Gasteiger partial charge is 0.254 e. The number of thioether (sulfide) groups is 1. The van der Waals surface area contributed by atoms with E-state index in [0.29, 0.717) is 16.6 Å². The molecular weight excluding hydrogens is 320 g/mol. The van der Waals surface area contributed by atoms with Crippen molar-refractivity contribution in [3.05, 3.63) is 39.9 Å². The van der Waals surface area contributed by atoms with Crippen molar-refractivity contribution < 1.29 is 0 Å². The first kappa shape index (κ1) is 17.0. The summed E-state index contributed by atoms with van der Waals surface area (Å²) in [6.45, 7) is 5.75. The maximum absolute atomic E-state index is 11.9. The second-order valence-electron chi connectivity index (χ2n) is 6.33. The van der Waals surface area contributed by atoms with Gasteiger partial charge in [-0.2, -0.15) is 11.8 Å². The van der Waals surface area contributed by atoms with Crippen LogP contribution in [0.2, 0.25) is 0 Å². The predicted molar refractivity (Wildman–Crippen MR) is 101 cm³/mol. The van der Waals surface area contributed by atoms with E-state index in [0.717, 1.165) is 30.2 Å². The number of hydrogen-bond donors (Lipinski definition) is 1. The molecule has 24 heavy (non-hydrogen) atoms. The summed E-state index contributed by atoms with van der Waals surface area (Å²) in [4.78, 5) is 26.2. The molecule has 6 heteroatoms. The lowest BCUT2D eigenvalue weighted by molar-refractivity contribution is 0.736. The minimum Gasteiger partial charge on any atom is -0.356 e. The van der Waals surface area contributed by atoms with Gasteiger partial charge in [-0.05, 0) is 45.1 Å². The minimum atomic E-state index is -0.0862. The fraction of sp³-hybridized carbons (Fsp3) is 0.500. The molecule has 0 aliphatic carbocycles. The van der Waals surface area contributed by atoms with Crippen molar-refractivity contribution in [1.29, 1.82) is 0 Å². The van der Waals surface area contributed by atoms with Crippen molar-refractivity contribution in [2.75, 3.05) is 24.2 Å². The maximum atomic E-state index is 11.9. The highest BCUT2D eigenvalue weighted by molar-refractivity contribution is 7.99. The Morgan fingerprint density at radius 2 is 2.12 bits per heavy atom. The van der Waals surface area contributed by atoms with Gasteiger partial charge in [0.1, 0.15) is 11.6 Å². The fourth-order valence-electron chi connectivity index (χ4n) is 3.00. The lowest BCUT2D eigenvalue weighted by Crippen LogP contribution is -2.30. The van der Waals surface area contributed by atoms with Crippen LogP contribution in [0.4, 0.5) is 5.82 Å². The minimum absolute atomic E-state index is 0.0862. The molecule has 3 rings (SSSR count). The van der Waals surface area contributed by atoms with E-state index in [1.165, 1.54) is 19.3 Å². The van der Waals surface area contributed by atoms with Gasteiger partial charge in [0.2, 0.25) is 0 Å². The fourth-order valence-corrected chi connectivity index (χ4v) is 3.73. The summed E-state index contributed by atoms with van der Waals surface area (Å²) < 4.78 is 0. The molecule has 0 aromatic carbocycles. The Bertz CT molecular complexity index is 757. The zero-order chi connectivity index (χ0) is 17.1. The molecule has 1 N–H and O–H groups in total. The van der Waals surface area contributed by atoms with E-state index >= 15 is 0 Å². The molecule has 0 spiro atoms. The molecule has 2 aromatic heterocycles. The van der Waals surface area contributed by atoms with Gasteiger partial charge in [-0.15, -0.1) is 0 Å². The SMILES string of the molecule is CSC1CCCCN(c2ccc(-c3nc(C)c(C)c(=O)[nH]3)cn2)C1. The topological polar surface area (TPSA) is 61.9 Å². The first-order valence-electron chi connectivity index (χ1n) is 8.40. The summed E-state index contributed by atoms with van der Waals surface area (Å²) in [5, 5.41) is 0.673. The molecule has 1 atom stereocenters. The lowest BCUT2D eigenvalue weighted by Gasteiger charge is -2.24. The van der Waals surface area contributed by atoms with Gasteiger partial charge >= 0.3 is 0 Å². The number of aromatic nitrogens is 3. The molecule has 2 aromatic rings. The quantitative estimate of drug-likeness (QED) is 0.927. The van der Waals surface area contributed by atoms with Crippen molar-refractivity contribution in [3.63, 3.8) is 0 Å². The van der Waals surface area contributed by atoms with Gasteiger partial charge in [0.15, 0.2) is 0 Å². The molecule has 1 aliphatic rings. The van der Waals surface area contributed by atoms with Gasteiger partial charge in [-0.3, -0.25) is 4.79 Å². The van der Waals surface area contributed by atoms with E-state index in [4.69, 9.17) is 0 Å².